The molecule has 0 unspecified atom stereocenters. The van der Waals surface area contributed by atoms with Crippen molar-refractivity contribution < 1.29 is 4.79 Å². The molecule has 4 N–H and O–H groups in total. The Bertz CT molecular complexity index is 531. The third-order valence-corrected chi connectivity index (χ3v) is 5.99. The van der Waals surface area contributed by atoms with Crippen molar-refractivity contribution in [3.63, 3.8) is 0 Å². The number of halogens is 2. The molecular weight excluding hydrogens is 453 g/mol. The van der Waals surface area contributed by atoms with E-state index in [-0.39, 0.29) is 36.8 Å². The minimum atomic E-state index is -0.135. The fraction of sp³-hybridized carbons (Fsp3) is 0.741. The van der Waals surface area contributed by atoms with Crippen LogP contribution in [0, 0.1) is 0 Å². The summed E-state index contributed by atoms with van der Waals surface area (Å²) >= 11 is 0. The first kappa shape index (κ1) is 34.4. The molecule has 1 amide bonds. The molecule has 0 aliphatic rings. The number of benzene rings is 1. The molecule has 1 aromatic rings. The predicted molar refractivity (Wildman–Crippen MR) is 149 cm³/mol. The molecule has 0 radical (unpaired) electrons. The van der Waals surface area contributed by atoms with Gasteiger partial charge in [-0.15, -0.1) is 24.8 Å². The summed E-state index contributed by atoms with van der Waals surface area (Å²) in [6.07, 6.45) is 18.8. The number of unbranched alkanes of at least 4 members (excludes halogenated alkanes) is 12. The Hall–Kier alpha value is -0.810. The van der Waals surface area contributed by atoms with E-state index in [1.165, 1.54) is 76.2 Å². The molecule has 0 saturated heterocycles. The van der Waals surface area contributed by atoms with Crippen molar-refractivity contribution >= 4 is 30.7 Å². The van der Waals surface area contributed by atoms with Crippen LogP contribution in [0.3, 0.4) is 0 Å². The van der Waals surface area contributed by atoms with Crippen LogP contribution in [0.2, 0.25) is 0 Å². The van der Waals surface area contributed by atoms with E-state index < -0.39 is 0 Å². The number of amides is 1. The molecule has 1 atom stereocenters. The Morgan fingerprint density at radius 2 is 1.33 bits per heavy atom. The van der Waals surface area contributed by atoms with Crippen LogP contribution >= 0.6 is 24.8 Å². The largest absolute Gasteiger partial charge is 0.355 e. The molecule has 1 aromatic carbocycles. The molecule has 194 valence electrons. The standard InChI is InChI=1S/C27H49N3O.2ClH/c1-2-3-4-5-6-7-8-9-10-11-12-18-23-29-27(31)26(21-16-17-22-28)30-24-25-19-14-13-15-20-25;;/h13-15,19-20,26,30H,2-12,16-18,21-24,28H2,1H3,(H,29,31);2*1H/t26-;;/m0../s1. The Labute approximate surface area is 216 Å². The van der Waals surface area contributed by atoms with Crippen molar-refractivity contribution in [1.29, 1.82) is 0 Å². The summed E-state index contributed by atoms with van der Waals surface area (Å²) in [7, 11) is 0. The maximum absolute atomic E-state index is 12.7. The fourth-order valence-electron chi connectivity index (χ4n) is 3.96. The fourth-order valence-corrected chi connectivity index (χ4v) is 3.96. The van der Waals surface area contributed by atoms with Gasteiger partial charge < -0.3 is 16.4 Å². The maximum atomic E-state index is 12.7. The van der Waals surface area contributed by atoms with Gasteiger partial charge in [0, 0.05) is 13.1 Å². The monoisotopic (exact) mass is 503 g/mol. The van der Waals surface area contributed by atoms with E-state index in [0.29, 0.717) is 6.54 Å². The summed E-state index contributed by atoms with van der Waals surface area (Å²) < 4.78 is 0. The smallest absolute Gasteiger partial charge is 0.237 e. The second-order valence-electron chi connectivity index (χ2n) is 8.88. The molecule has 1 rings (SSSR count). The van der Waals surface area contributed by atoms with E-state index in [1.54, 1.807) is 0 Å². The lowest BCUT2D eigenvalue weighted by Gasteiger charge is -2.18. The number of rotatable bonds is 21. The zero-order valence-corrected chi connectivity index (χ0v) is 22.6. The molecule has 0 spiro atoms. The first-order chi connectivity index (χ1) is 15.3. The molecule has 0 saturated carbocycles. The highest BCUT2D eigenvalue weighted by Crippen LogP contribution is 2.12. The molecule has 0 aliphatic heterocycles. The van der Waals surface area contributed by atoms with Gasteiger partial charge in [-0.1, -0.05) is 114 Å². The zero-order chi connectivity index (χ0) is 22.4. The Morgan fingerprint density at radius 1 is 0.788 bits per heavy atom. The molecule has 0 bridgehead atoms. The van der Waals surface area contributed by atoms with Crippen LogP contribution < -0.4 is 16.4 Å². The first-order valence-corrected chi connectivity index (χ1v) is 13.0. The lowest BCUT2D eigenvalue weighted by atomic mass is 10.1. The van der Waals surface area contributed by atoms with E-state index in [0.717, 1.165) is 38.8 Å². The second-order valence-corrected chi connectivity index (χ2v) is 8.88. The summed E-state index contributed by atoms with van der Waals surface area (Å²) in [4.78, 5) is 12.7. The van der Waals surface area contributed by atoms with Crippen molar-refractivity contribution in [2.24, 2.45) is 5.73 Å². The Morgan fingerprint density at radius 3 is 1.88 bits per heavy atom. The quantitative estimate of drug-likeness (QED) is 0.159. The van der Waals surface area contributed by atoms with Crippen molar-refractivity contribution in [3.8, 4) is 0 Å². The predicted octanol–water partition coefficient (Wildman–Crippen LogP) is 6.93. The van der Waals surface area contributed by atoms with E-state index in [4.69, 9.17) is 5.73 Å². The van der Waals surface area contributed by atoms with Gasteiger partial charge in [-0.2, -0.15) is 0 Å². The van der Waals surface area contributed by atoms with Crippen LogP contribution in [0.25, 0.3) is 0 Å². The molecule has 0 fully saturated rings. The SMILES string of the molecule is CCCCCCCCCCCCCCNC(=O)[C@H](CCCCN)NCc1ccccc1.Cl.Cl. The molecule has 33 heavy (non-hydrogen) atoms. The van der Waals surface area contributed by atoms with Gasteiger partial charge in [0.1, 0.15) is 0 Å². The van der Waals surface area contributed by atoms with Crippen molar-refractivity contribution in [1.82, 2.24) is 10.6 Å². The molecule has 6 heteroatoms. The van der Waals surface area contributed by atoms with Crippen LogP contribution in [0.15, 0.2) is 30.3 Å². The average Bonchev–Trinajstić information content (AvgIpc) is 2.79. The number of nitrogens with two attached hydrogens (primary N) is 1. The summed E-state index contributed by atoms with van der Waals surface area (Å²) in [6.45, 7) is 4.47. The third kappa shape index (κ3) is 20.3. The van der Waals surface area contributed by atoms with Crippen LogP contribution in [0.1, 0.15) is 109 Å². The van der Waals surface area contributed by atoms with Gasteiger partial charge in [0.15, 0.2) is 0 Å². The number of hydrogen-bond donors (Lipinski definition) is 3. The highest BCUT2D eigenvalue weighted by Gasteiger charge is 2.16. The van der Waals surface area contributed by atoms with Gasteiger partial charge in [-0.25, -0.2) is 0 Å². The van der Waals surface area contributed by atoms with Crippen LogP contribution in [-0.4, -0.2) is 25.0 Å². The molecule has 0 aliphatic carbocycles. The Balaban J connectivity index is 0. The number of carbonyl (C=O) groups excluding carboxylic acids is 1. The minimum Gasteiger partial charge on any atom is -0.355 e. The first-order valence-electron chi connectivity index (χ1n) is 13.0. The molecule has 0 heterocycles. The minimum absolute atomic E-state index is 0. The van der Waals surface area contributed by atoms with Crippen molar-refractivity contribution in [2.45, 2.75) is 116 Å². The molecule has 0 aromatic heterocycles. The lowest BCUT2D eigenvalue weighted by molar-refractivity contribution is -0.123. The highest BCUT2D eigenvalue weighted by molar-refractivity contribution is 5.85. The zero-order valence-electron chi connectivity index (χ0n) is 21.0. The summed E-state index contributed by atoms with van der Waals surface area (Å²) in [5, 5.41) is 6.59. The number of hydrogen-bond acceptors (Lipinski definition) is 3. The summed E-state index contributed by atoms with van der Waals surface area (Å²) in [6, 6.07) is 10.1. The van der Waals surface area contributed by atoms with E-state index in [1.807, 2.05) is 18.2 Å². The lowest BCUT2D eigenvalue weighted by Crippen LogP contribution is -2.44. The third-order valence-electron chi connectivity index (χ3n) is 5.99. The van der Waals surface area contributed by atoms with Crippen LogP contribution in [0.4, 0.5) is 0 Å². The van der Waals surface area contributed by atoms with Gasteiger partial charge >= 0.3 is 0 Å². The van der Waals surface area contributed by atoms with Gasteiger partial charge in [-0.3, -0.25) is 4.79 Å². The van der Waals surface area contributed by atoms with Gasteiger partial charge in [0.25, 0.3) is 0 Å². The second kappa shape index (κ2) is 25.8. The topological polar surface area (TPSA) is 67.2 Å². The maximum Gasteiger partial charge on any atom is 0.237 e. The van der Waals surface area contributed by atoms with E-state index in [9.17, 15) is 4.79 Å². The normalized spacial score (nSPS) is 11.3. The van der Waals surface area contributed by atoms with Gasteiger partial charge in [0.2, 0.25) is 5.91 Å². The molecular formula is C27H51Cl2N3O. The van der Waals surface area contributed by atoms with E-state index >= 15 is 0 Å². The van der Waals surface area contributed by atoms with Crippen LogP contribution in [-0.2, 0) is 11.3 Å². The van der Waals surface area contributed by atoms with Crippen molar-refractivity contribution in [2.75, 3.05) is 13.1 Å². The summed E-state index contributed by atoms with van der Waals surface area (Å²) in [5.41, 5.74) is 6.83. The number of nitrogens with one attached hydrogen (secondary N) is 2. The average molecular weight is 505 g/mol. The Kier molecular flexibility index (Phi) is 26.9. The van der Waals surface area contributed by atoms with Crippen molar-refractivity contribution in [3.05, 3.63) is 35.9 Å². The summed E-state index contributed by atoms with van der Waals surface area (Å²) in [5.74, 6) is 0.135. The number of carbonyl (C=O) groups is 1. The van der Waals surface area contributed by atoms with Gasteiger partial charge in [-0.05, 0) is 31.4 Å². The van der Waals surface area contributed by atoms with E-state index in [2.05, 4.69) is 29.7 Å². The van der Waals surface area contributed by atoms with Crippen LogP contribution in [0.5, 0.6) is 0 Å². The highest BCUT2D eigenvalue weighted by atomic mass is 35.5. The van der Waals surface area contributed by atoms with Gasteiger partial charge in [0.05, 0.1) is 6.04 Å². The molecule has 4 nitrogen and oxygen atoms in total.